The average Bonchev–Trinajstić information content (AvgIpc) is 3.17. The minimum absolute atomic E-state index is 0.0288. The molecule has 2 N–H and O–H groups in total. The topological polar surface area (TPSA) is 74.2 Å². The monoisotopic (exact) mass is 273 g/mol. The van der Waals surface area contributed by atoms with Crippen LogP contribution in [0.15, 0.2) is 22.7 Å². The van der Waals surface area contributed by atoms with Crippen LogP contribution in [-0.2, 0) is 6.61 Å². The number of ether oxygens (including phenoxy) is 1. The predicted molar refractivity (Wildman–Crippen MR) is 74.4 cm³/mol. The van der Waals surface area contributed by atoms with Gasteiger partial charge in [0.2, 0.25) is 11.7 Å². The Hall–Kier alpha value is -1.88. The number of aromatic nitrogens is 2. The van der Waals surface area contributed by atoms with Crippen LogP contribution in [0.2, 0.25) is 0 Å². The first-order valence-corrected chi connectivity index (χ1v) is 6.95. The molecular formula is C15H19N3O2. The van der Waals surface area contributed by atoms with Crippen LogP contribution in [0, 0.1) is 6.92 Å². The van der Waals surface area contributed by atoms with Crippen LogP contribution in [0.3, 0.4) is 0 Å². The fourth-order valence-corrected chi connectivity index (χ4v) is 2.08. The zero-order valence-corrected chi connectivity index (χ0v) is 11.8. The highest BCUT2D eigenvalue weighted by atomic mass is 16.5. The van der Waals surface area contributed by atoms with Crippen molar-refractivity contribution in [1.82, 2.24) is 10.1 Å². The van der Waals surface area contributed by atoms with Crippen LogP contribution in [0.1, 0.15) is 54.6 Å². The van der Waals surface area contributed by atoms with Gasteiger partial charge in [-0.2, -0.15) is 4.98 Å². The van der Waals surface area contributed by atoms with Gasteiger partial charge in [0.1, 0.15) is 5.75 Å². The highest BCUT2D eigenvalue weighted by molar-refractivity contribution is 5.37. The first-order valence-electron chi connectivity index (χ1n) is 6.95. The lowest BCUT2D eigenvalue weighted by Crippen LogP contribution is -2.06. The van der Waals surface area contributed by atoms with Crippen molar-refractivity contribution in [2.75, 3.05) is 0 Å². The lowest BCUT2D eigenvalue weighted by Gasteiger charge is -2.11. The first kappa shape index (κ1) is 13.1. The molecule has 0 radical (unpaired) electrons. The lowest BCUT2D eigenvalue weighted by molar-refractivity contribution is 0.283. The Kier molecular flexibility index (Phi) is 3.44. The van der Waals surface area contributed by atoms with Gasteiger partial charge in [0.25, 0.3) is 0 Å². The standard InChI is InChI=1S/C15H19N3O2/c1-9-7-12(10(2)16)5-6-13(9)19-8-14-17-15(20-18-14)11-3-4-11/h5-7,10-11H,3-4,8,16H2,1-2H3. The van der Waals surface area contributed by atoms with Gasteiger partial charge in [-0.15, -0.1) is 0 Å². The number of rotatable bonds is 5. The maximum atomic E-state index is 5.86. The third-order valence-corrected chi connectivity index (χ3v) is 3.49. The molecule has 1 aliphatic rings. The van der Waals surface area contributed by atoms with Crippen LogP contribution in [0.4, 0.5) is 0 Å². The Morgan fingerprint density at radius 3 is 2.90 bits per heavy atom. The van der Waals surface area contributed by atoms with Gasteiger partial charge in [0.05, 0.1) is 0 Å². The lowest BCUT2D eigenvalue weighted by atomic mass is 10.1. The Bertz CT molecular complexity index is 603. The van der Waals surface area contributed by atoms with E-state index < -0.39 is 0 Å². The molecule has 1 aliphatic carbocycles. The fourth-order valence-electron chi connectivity index (χ4n) is 2.08. The Balaban J connectivity index is 1.65. The summed E-state index contributed by atoms with van der Waals surface area (Å²) in [5.74, 6) is 2.64. The summed E-state index contributed by atoms with van der Waals surface area (Å²) in [7, 11) is 0. The molecule has 5 heteroatoms. The van der Waals surface area contributed by atoms with Gasteiger partial charge in [0.15, 0.2) is 6.61 Å². The second-order valence-electron chi connectivity index (χ2n) is 5.43. The number of nitrogens with two attached hydrogens (primary N) is 1. The van der Waals surface area contributed by atoms with Gasteiger partial charge < -0.3 is 15.0 Å². The summed E-state index contributed by atoms with van der Waals surface area (Å²) in [6, 6.07) is 6.00. The minimum Gasteiger partial charge on any atom is -0.485 e. The smallest absolute Gasteiger partial charge is 0.229 e. The van der Waals surface area contributed by atoms with E-state index in [9.17, 15) is 0 Å². The minimum atomic E-state index is 0.0288. The molecule has 0 saturated heterocycles. The van der Waals surface area contributed by atoms with Gasteiger partial charge >= 0.3 is 0 Å². The van der Waals surface area contributed by atoms with E-state index in [2.05, 4.69) is 10.1 Å². The predicted octanol–water partition coefficient (Wildman–Crippen LogP) is 2.85. The van der Waals surface area contributed by atoms with E-state index in [4.69, 9.17) is 15.0 Å². The summed E-state index contributed by atoms with van der Waals surface area (Å²) in [5, 5.41) is 3.94. The molecule has 0 bridgehead atoms. The van der Waals surface area contributed by atoms with Crippen molar-refractivity contribution in [2.24, 2.45) is 5.73 Å². The van der Waals surface area contributed by atoms with Gasteiger partial charge in [0, 0.05) is 12.0 Å². The van der Waals surface area contributed by atoms with E-state index >= 15 is 0 Å². The molecule has 1 saturated carbocycles. The normalized spacial score (nSPS) is 16.1. The molecule has 0 amide bonds. The third-order valence-electron chi connectivity index (χ3n) is 3.49. The molecular weight excluding hydrogens is 254 g/mol. The van der Waals surface area contributed by atoms with Crippen molar-refractivity contribution in [3.63, 3.8) is 0 Å². The molecule has 1 atom stereocenters. The molecule has 0 aliphatic heterocycles. The SMILES string of the molecule is Cc1cc(C(C)N)ccc1OCc1noc(C2CC2)n1. The van der Waals surface area contributed by atoms with E-state index in [0.29, 0.717) is 18.3 Å². The molecule has 1 aromatic carbocycles. The van der Waals surface area contributed by atoms with E-state index in [1.165, 1.54) is 0 Å². The second kappa shape index (κ2) is 5.25. The van der Waals surface area contributed by atoms with Crippen LogP contribution >= 0.6 is 0 Å². The van der Waals surface area contributed by atoms with Crippen molar-refractivity contribution in [2.45, 2.75) is 45.3 Å². The maximum Gasteiger partial charge on any atom is 0.229 e. The molecule has 1 unspecified atom stereocenters. The zero-order valence-electron chi connectivity index (χ0n) is 11.8. The van der Waals surface area contributed by atoms with Crippen molar-refractivity contribution in [1.29, 1.82) is 0 Å². The van der Waals surface area contributed by atoms with Crippen molar-refractivity contribution < 1.29 is 9.26 Å². The van der Waals surface area contributed by atoms with Crippen molar-refractivity contribution in [3.05, 3.63) is 41.0 Å². The summed E-state index contributed by atoms with van der Waals surface area (Å²) in [4.78, 5) is 4.34. The number of aryl methyl sites for hydroxylation is 1. The summed E-state index contributed by atoms with van der Waals surface area (Å²) in [5.41, 5.74) is 8.02. The summed E-state index contributed by atoms with van der Waals surface area (Å²) >= 11 is 0. The molecule has 2 aromatic rings. The quantitative estimate of drug-likeness (QED) is 0.906. The van der Waals surface area contributed by atoms with E-state index in [1.54, 1.807) is 0 Å². The molecule has 5 nitrogen and oxygen atoms in total. The Labute approximate surface area is 118 Å². The first-order chi connectivity index (χ1) is 9.63. The van der Waals surface area contributed by atoms with Crippen LogP contribution in [-0.4, -0.2) is 10.1 Å². The van der Waals surface area contributed by atoms with E-state index in [0.717, 1.165) is 35.6 Å². The molecule has 106 valence electrons. The van der Waals surface area contributed by atoms with Crippen LogP contribution in [0.5, 0.6) is 5.75 Å². The van der Waals surface area contributed by atoms with E-state index in [-0.39, 0.29) is 6.04 Å². The van der Waals surface area contributed by atoms with Crippen LogP contribution < -0.4 is 10.5 Å². The molecule has 1 fully saturated rings. The third kappa shape index (κ3) is 2.82. The Morgan fingerprint density at radius 1 is 1.45 bits per heavy atom. The molecule has 1 heterocycles. The van der Waals surface area contributed by atoms with Gasteiger partial charge in [-0.3, -0.25) is 0 Å². The van der Waals surface area contributed by atoms with E-state index in [1.807, 2.05) is 32.0 Å². The van der Waals surface area contributed by atoms with Crippen LogP contribution in [0.25, 0.3) is 0 Å². The number of hydrogen-bond acceptors (Lipinski definition) is 5. The summed E-state index contributed by atoms with van der Waals surface area (Å²) in [6.45, 7) is 4.30. The number of hydrogen-bond donors (Lipinski definition) is 1. The summed E-state index contributed by atoms with van der Waals surface area (Å²) in [6.07, 6.45) is 2.31. The van der Waals surface area contributed by atoms with Gasteiger partial charge in [-0.1, -0.05) is 17.3 Å². The molecule has 1 aromatic heterocycles. The second-order valence-corrected chi connectivity index (χ2v) is 5.43. The van der Waals surface area contributed by atoms with Crippen molar-refractivity contribution in [3.8, 4) is 5.75 Å². The zero-order chi connectivity index (χ0) is 14.1. The number of nitrogens with zero attached hydrogens (tertiary/aromatic N) is 2. The largest absolute Gasteiger partial charge is 0.485 e. The van der Waals surface area contributed by atoms with Gasteiger partial charge in [-0.25, -0.2) is 0 Å². The molecule has 3 rings (SSSR count). The van der Waals surface area contributed by atoms with Crippen molar-refractivity contribution >= 4 is 0 Å². The fraction of sp³-hybridized carbons (Fsp3) is 0.467. The molecule has 0 spiro atoms. The summed E-state index contributed by atoms with van der Waals surface area (Å²) < 4.78 is 10.9. The maximum absolute atomic E-state index is 5.86. The Morgan fingerprint density at radius 2 is 2.25 bits per heavy atom. The number of benzene rings is 1. The molecule has 20 heavy (non-hydrogen) atoms. The average molecular weight is 273 g/mol. The van der Waals surface area contributed by atoms with Gasteiger partial charge in [-0.05, 0) is 43.9 Å². The highest BCUT2D eigenvalue weighted by Gasteiger charge is 2.29. The highest BCUT2D eigenvalue weighted by Crippen LogP contribution is 2.38.